The van der Waals surface area contributed by atoms with Gasteiger partial charge in [0, 0.05) is 18.7 Å². The average Bonchev–Trinajstić information content (AvgIpc) is 2.55. The van der Waals surface area contributed by atoms with Crippen molar-refractivity contribution in [3.8, 4) is 5.75 Å². The minimum absolute atomic E-state index is 0.0516. The number of hydrogen-bond donors (Lipinski definition) is 2. The predicted molar refractivity (Wildman–Crippen MR) is 90.9 cm³/mol. The standard InChI is InChI=1S/C17H16F2N4O/c1-17(18,19)24-15-8-6-14(7-9-15)22-11-23-16(21)13-4-2-12(10-20)3-5-13/h2-11,20H,1H3,(H2,21,22,23). The molecule has 0 aromatic heterocycles. The highest BCUT2D eigenvalue weighted by molar-refractivity contribution is 6.01. The highest BCUT2D eigenvalue weighted by atomic mass is 19.3. The first-order chi connectivity index (χ1) is 11.4. The van der Waals surface area contributed by atoms with Crippen LogP contribution in [0.5, 0.6) is 5.75 Å². The van der Waals surface area contributed by atoms with Crippen LogP contribution in [0.15, 0.2) is 58.5 Å². The van der Waals surface area contributed by atoms with E-state index in [1.165, 1.54) is 36.8 Å². The van der Waals surface area contributed by atoms with Gasteiger partial charge in [-0.15, -0.1) is 0 Å². The van der Waals surface area contributed by atoms with Gasteiger partial charge in [-0.2, -0.15) is 8.78 Å². The summed E-state index contributed by atoms with van der Waals surface area (Å²) in [5, 5.41) is 7.13. The SMILES string of the molecule is CC(F)(F)Oc1ccc(N=CN=C(N)c2ccc(C=N)cc2)cc1. The fourth-order valence-corrected chi connectivity index (χ4v) is 1.79. The first-order valence-corrected chi connectivity index (χ1v) is 7.01. The second kappa shape index (κ2) is 7.45. The zero-order chi connectivity index (χ0) is 17.6. The Morgan fingerprint density at radius 2 is 1.75 bits per heavy atom. The Kier molecular flexibility index (Phi) is 5.36. The van der Waals surface area contributed by atoms with Crippen LogP contribution < -0.4 is 10.5 Å². The Hall–Kier alpha value is -3.09. The third kappa shape index (κ3) is 5.28. The number of amidine groups is 1. The van der Waals surface area contributed by atoms with E-state index in [0.29, 0.717) is 18.2 Å². The Morgan fingerprint density at radius 1 is 1.12 bits per heavy atom. The molecule has 3 N–H and O–H groups in total. The van der Waals surface area contributed by atoms with Crippen LogP contribution in [0.2, 0.25) is 0 Å². The maximum absolute atomic E-state index is 12.7. The van der Waals surface area contributed by atoms with Gasteiger partial charge in [-0.05, 0) is 29.8 Å². The van der Waals surface area contributed by atoms with Crippen molar-refractivity contribution < 1.29 is 13.5 Å². The molecule has 2 aromatic carbocycles. The van der Waals surface area contributed by atoms with Crippen molar-refractivity contribution in [2.75, 3.05) is 0 Å². The van der Waals surface area contributed by atoms with Crippen LogP contribution >= 0.6 is 0 Å². The zero-order valence-corrected chi connectivity index (χ0v) is 12.9. The lowest BCUT2D eigenvalue weighted by atomic mass is 10.1. The van der Waals surface area contributed by atoms with Crippen LogP contribution in [0.4, 0.5) is 14.5 Å². The minimum Gasteiger partial charge on any atom is -0.433 e. The van der Waals surface area contributed by atoms with E-state index >= 15 is 0 Å². The lowest BCUT2D eigenvalue weighted by Crippen LogP contribution is -2.18. The van der Waals surface area contributed by atoms with E-state index < -0.39 is 6.11 Å². The molecule has 0 amide bonds. The van der Waals surface area contributed by atoms with Gasteiger partial charge in [-0.25, -0.2) is 9.98 Å². The van der Waals surface area contributed by atoms with E-state index in [1.807, 2.05) is 0 Å². The van der Waals surface area contributed by atoms with E-state index in [9.17, 15) is 8.78 Å². The molecule has 0 saturated carbocycles. The van der Waals surface area contributed by atoms with Gasteiger partial charge in [0.2, 0.25) is 0 Å². The number of halogens is 2. The van der Waals surface area contributed by atoms with Crippen LogP contribution in [0.25, 0.3) is 0 Å². The number of benzene rings is 2. The molecule has 0 spiro atoms. The lowest BCUT2D eigenvalue weighted by Gasteiger charge is -2.12. The molecule has 2 aromatic rings. The summed E-state index contributed by atoms with van der Waals surface area (Å²) >= 11 is 0. The van der Waals surface area contributed by atoms with E-state index in [2.05, 4.69) is 14.7 Å². The molecule has 0 saturated heterocycles. The smallest absolute Gasteiger partial charge is 0.394 e. The van der Waals surface area contributed by atoms with Crippen LogP contribution in [0, 0.1) is 5.41 Å². The van der Waals surface area contributed by atoms with Crippen LogP contribution in [0.1, 0.15) is 18.1 Å². The molecule has 0 unspecified atom stereocenters. The molecule has 0 aliphatic rings. The fourth-order valence-electron chi connectivity index (χ4n) is 1.79. The second-order valence-electron chi connectivity index (χ2n) is 4.93. The number of nitrogens with zero attached hydrogens (tertiary/aromatic N) is 2. The van der Waals surface area contributed by atoms with Crippen molar-refractivity contribution in [3.05, 3.63) is 59.7 Å². The zero-order valence-electron chi connectivity index (χ0n) is 12.9. The molecule has 124 valence electrons. The summed E-state index contributed by atoms with van der Waals surface area (Å²) < 4.78 is 29.9. The first kappa shape index (κ1) is 17.3. The molecule has 0 fully saturated rings. The molecule has 0 bridgehead atoms. The summed E-state index contributed by atoms with van der Waals surface area (Å²) in [7, 11) is 0. The van der Waals surface area contributed by atoms with Crippen molar-refractivity contribution in [1.29, 1.82) is 5.41 Å². The fraction of sp³-hybridized carbons (Fsp3) is 0.118. The number of nitrogens with one attached hydrogen (secondary N) is 1. The van der Waals surface area contributed by atoms with E-state index in [4.69, 9.17) is 11.1 Å². The largest absolute Gasteiger partial charge is 0.433 e. The first-order valence-electron chi connectivity index (χ1n) is 7.01. The molecular weight excluding hydrogens is 314 g/mol. The second-order valence-corrected chi connectivity index (χ2v) is 4.93. The summed E-state index contributed by atoms with van der Waals surface area (Å²) in [6.45, 7) is 0.672. The van der Waals surface area contributed by atoms with Crippen molar-refractivity contribution >= 4 is 24.1 Å². The average molecular weight is 330 g/mol. The molecule has 0 heterocycles. The van der Waals surface area contributed by atoms with Gasteiger partial charge in [0.1, 0.15) is 17.9 Å². The topological polar surface area (TPSA) is 83.8 Å². The van der Waals surface area contributed by atoms with E-state index in [-0.39, 0.29) is 11.6 Å². The molecule has 7 heteroatoms. The number of nitrogens with two attached hydrogens (primary N) is 1. The quantitative estimate of drug-likeness (QED) is 0.624. The van der Waals surface area contributed by atoms with Gasteiger partial charge in [0.25, 0.3) is 0 Å². The highest BCUT2D eigenvalue weighted by Crippen LogP contribution is 2.23. The summed E-state index contributed by atoms with van der Waals surface area (Å²) in [4.78, 5) is 8.09. The van der Waals surface area contributed by atoms with Crippen molar-refractivity contribution in [1.82, 2.24) is 0 Å². The maximum atomic E-state index is 12.7. The lowest BCUT2D eigenvalue weighted by molar-refractivity contribution is -0.158. The molecular formula is C17H16F2N4O. The molecule has 0 radical (unpaired) electrons. The number of ether oxygens (including phenoxy) is 1. The normalized spacial score (nSPS) is 12.4. The van der Waals surface area contributed by atoms with E-state index in [1.54, 1.807) is 24.3 Å². The highest BCUT2D eigenvalue weighted by Gasteiger charge is 2.22. The number of hydrogen-bond acceptors (Lipinski definition) is 3. The summed E-state index contributed by atoms with van der Waals surface area (Å²) in [6, 6.07) is 12.9. The molecule has 5 nitrogen and oxygen atoms in total. The van der Waals surface area contributed by atoms with Gasteiger partial charge < -0.3 is 15.9 Å². The van der Waals surface area contributed by atoms with Gasteiger partial charge >= 0.3 is 6.11 Å². The van der Waals surface area contributed by atoms with Gasteiger partial charge in [-0.3, -0.25) is 0 Å². The monoisotopic (exact) mass is 330 g/mol. The van der Waals surface area contributed by atoms with Crippen LogP contribution in [-0.2, 0) is 0 Å². The number of aliphatic imine (C=N–C) groups is 2. The van der Waals surface area contributed by atoms with Gasteiger partial charge in [0.15, 0.2) is 0 Å². The van der Waals surface area contributed by atoms with Gasteiger partial charge in [-0.1, -0.05) is 24.3 Å². The molecule has 0 aliphatic carbocycles. The van der Waals surface area contributed by atoms with Crippen molar-refractivity contribution in [3.63, 3.8) is 0 Å². The van der Waals surface area contributed by atoms with Crippen LogP contribution in [0.3, 0.4) is 0 Å². The molecule has 24 heavy (non-hydrogen) atoms. The van der Waals surface area contributed by atoms with Crippen LogP contribution in [-0.4, -0.2) is 24.5 Å². The summed E-state index contributed by atoms with van der Waals surface area (Å²) in [5.74, 6) is 0.330. The Morgan fingerprint density at radius 3 is 2.29 bits per heavy atom. The molecule has 0 aliphatic heterocycles. The number of rotatable bonds is 6. The Bertz CT molecular complexity index is 748. The minimum atomic E-state index is -3.23. The Labute approximate surface area is 138 Å². The molecule has 2 rings (SSSR count). The third-order valence-electron chi connectivity index (χ3n) is 2.91. The van der Waals surface area contributed by atoms with Crippen molar-refractivity contribution in [2.45, 2.75) is 13.0 Å². The van der Waals surface area contributed by atoms with E-state index in [0.717, 1.165) is 5.56 Å². The Balaban J connectivity index is 2.02. The van der Waals surface area contributed by atoms with Crippen molar-refractivity contribution in [2.24, 2.45) is 15.7 Å². The predicted octanol–water partition coefficient (Wildman–Crippen LogP) is 3.74. The third-order valence-corrected chi connectivity index (χ3v) is 2.91. The maximum Gasteiger partial charge on any atom is 0.394 e. The van der Waals surface area contributed by atoms with Gasteiger partial charge in [0.05, 0.1) is 5.69 Å². The summed E-state index contributed by atoms with van der Waals surface area (Å²) in [5.41, 5.74) is 7.84. The summed E-state index contributed by atoms with van der Waals surface area (Å²) in [6.07, 6.45) is -0.707. The molecule has 0 atom stereocenters. The number of alkyl halides is 2.